The smallest absolute Gasteiger partial charge is 0.494 e. The lowest BCUT2D eigenvalue weighted by atomic mass is 9.78. The summed E-state index contributed by atoms with van der Waals surface area (Å²) in [6.07, 6.45) is 0. The van der Waals surface area contributed by atoms with Gasteiger partial charge in [0.25, 0.3) is 0 Å². The highest BCUT2D eigenvalue weighted by atomic mass is 16.7. The quantitative estimate of drug-likeness (QED) is 0.661. The third kappa shape index (κ3) is 2.46. The van der Waals surface area contributed by atoms with Crippen LogP contribution in [0.15, 0.2) is 23.2 Å². The van der Waals surface area contributed by atoms with Crippen molar-refractivity contribution in [3.63, 3.8) is 0 Å². The van der Waals surface area contributed by atoms with Crippen LogP contribution in [0.25, 0.3) is 10.9 Å². The topological polar surface area (TPSA) is 66.8 Å². The van der Waals surface area contributed by atoms with Gasteiger partial charge in [0.2, 0.25) is 0 Å². The lowest BCUT2D eigenvalue weighted by molar-refractivity contribution is 0.00578. The Bertz CT molecular complexity index is 776. The number of aromatic amines is 1. The maximum absolute atomic E-state index is 10.2. The maximum Gasteiger partial charge on any atom is 0.494 e. The van der Waals surface area contributed by atoms with E-state index in [2.05, 4.69) is 9.98 Å². The van der Waals surface area contributed by atoms with E-state index in [4.69, 9.17) is 9.31 Å². The van der Waals surface area contributed by atoms with Gasteiger partial charge in [-0.1, -0.05) is 12.1 Å². The van der Waals surface area contributed by atoms with Crippen LogP contribution >= 0.6 is 0 Å². The molecular weight excluding hydrogens is 291 g/mol. The monoisotopic (exact) mass is 314 g/mol. The zero-order valence-electron chi connectivity index (χ0n) is 14.5. The summed E-state index contributed by atoms with van der Waals surface area (Å²) in [6.45, 7) is 10.0. The van der Waals surface area contributed by atoms with Crippen molar-refractivity contribution < 1.29 is 14.4 Å². The van der Waals surface area contributed by atoms with Gasteiger partial charge in [-0.3, -0.25) is 4.99 Å². The summed E-state index contributed by atoms with van der Waals surface area (Å²) in [6, 6.07) is 5.91. The predicted molar refractivity (Wildman–Crippen MR) is 93.8 cm³/mol. The first-order chi connectivity index (χ1) is 10.7. The molecule has 2 aromatic rings. The molecule has 5 nitrogen and oxygen atoms in total. The Balaban J connectivity index is 2.03. The molecule has 0 spiro atoms. The number of hydrogen-bond acceptors (Lipinski definition) is 4. The molecule has 0 bridgehead atoms. The number of rotatable bonds is 2. The van der Waals surface area contributed by atoms with Gasteiger partial charge in [0, 0.05) is 23.7 Å². The second-order valence-corrected chi connectivity index (χ2v) is 7.05. The number of H-pyrrole nitrogens is 1. The maximum atomic E-state index is 10.2. The lowest BCUT2D eigenvalue weighted by Gasteiger charge is -2.32. The van der Waals surface area contributed by atoms with Crippen LogP contribution < -0.4 is 5.46 Å². The van der Waals surface area contributed by atoms with Crippen molar-refractivity contribution in [1.29, 1.82) is 0 Å². The van der Waals surface area contributed by atoms with Gasteiger partial charge in [-0.2, -0.15) is 0 Å². The van der Waals surface area contributed by atoms with Crippen LogP contribution in [0.4, 0.5) is 0 Å². The normalized spacial score (nSPS) is 20.4. The summed E-state index contributed by atoms with van der Waals surface area (Å²) in [5.74, 6) is 0.133. The van der Waals surface area contributed by atoms with Crippen molar-refractivity contribution in [2.75, 3.05) is 7.05 Å². The van der Waals surface area contributed by atoms with Crippen molar-refractivity contribution in [2.45, 2.75) is 45.8 Å². The molecule has 3 rings (SSSR count). The Morgan fingerprint density at radius 2 is 1.78 bits per heavy atom. The highest BCUT2D eigenvalue weighted by molar-refractivity contribution is 6.62. The Hall–Kier alpha value is -1.79. The molecule has 0 amide bonds. The zero-order valence-corrected chi connectivity index (χ0v) is 14.5. The fraction of sp³-hybridized carbons (Fsp3) is 0.471. The molecule has 1 aromatic carbocycles. The van der Waals surface area contributed by atoms with Crippen molar-refractivity contribution in [3.8, 4) is 5.88 Å². The van der Waals surface area contributed by atoms with Crippen molar-refractivity contribution >= 4 is 29.2 Å². The van der Waals surface area contributed by atoms with Crippen LogP contribution in [-0.2, 0) is 9.31 Å². The van der Waals surface area contributed by atoms with E-state index < -0.39 is 7.12 Å². The number of nitrogens with zero attached hydrogens (tertiary/aromatic N) is 1. The number of aromatic hydroxyl groups is 1. The van der Waals surface area contributed by atoms with Gasteiger partial charge >= 0.3 is 7.12 Å². The van der Waals surface area contributed by atoms with Crippen LogP contribution in [0.5, 0.6) is 5.88 Å². The molecule has 0 aliphatic carbocycles. The first-order valence-corrected chi connectivity index (χ1v) is 7.80. The van der Waals surface area contributed by atoms with E-state index in [0.717, 1.165) is 27.6 Å². The molecule has 2 N–H and O–H groups in total. The number of nitrogens with one attached hydrogen (secondary N) is 1. The van der Waals surface area contributed by atoms with Gasteiger partial charge in [0.05, 0.1) is 16.8 Å². The van der Waals surface area contributed by atoms with Gasteiger partial charge in [0.15, 0.2) is 5.88 Å². The summed E-state index contributed by atoms with van der Waals surface area (Å²) >= 11 is 0. The Labute approximate surface area is 136 Å². The van der Waals surface area contributed by atoms with Gasteiger partial charge in [-0.15, -0.1) is 0 Å². The van der Waals surface area contributed by atoms with Crippen LogP contribution in [0.1, 0.15) is 40.2 Å². The van der Waals surface area contributed by atoms with E-state index in [9.17, 15) is 5.11 Å². The summed E-state index contributed by atoms with van der Waals surface area (Å²) in [7, 11) is 1.30. The average molecular weight is 314 g/mol. The third-order valence-corrected chi connectivity index (χ3v) is 5.03. The predicted octanol–water partition coefficient (Wildman–Crippen LogP) is 2.61. The molecule has 1 saturated heterocycles. The molecule has 1 aromatic heterocycles. The number of hydrogen-bond donors (Lipinski definition) is 2. The minimum absolute atomic E-state index is 0.133. The fourth-order valence-corrected chi connectivity index (χ4v) is 2.80. The van der Waals surface area contributed by atoms with E-state index in [0.29, 0.717) is 0 Å². The first kappa shape index (κ1) is 16.1. The molecular formula is C17H23BN2O3. The molecule has 122 valence electrons. The molecule has 2 heterocycles. The minimum atomic E-state index is -0.417. The summed E-state index contributed by atoms with van der Waals surface area (Å²) < 4.78 is 12.2. The van der Waals surface area contributed by atoms with E-state index in [-0.39, 0.29) is 17.1 Å². The molecule has 0 saturated carbocycles. The highest BCUT2D eigenvalue weighted by Gasteiger charge is 2.51. The average Bonchev–Trinajstić information content (AvgIpc) is 2.90. The van der Waals surface area contributed by atoms with Gasteiger partial charge in [-0.05, 0) is 46.1 Å². The number of benzene rings is 1. The van der Waals surface area contributed by atoms with E-state index >= 15 is 0 Å². The van der Waals surface area contributed by atoms with Gasteiger partial charge in [-0.25, -0.2) is 0 Å². The van der Waals surface area contributed by atoms with Crippen LogP contribution in [0.2, 0.25) is 0 Å². The summed E-state index contributed by atoms with van der Waals surface area (Å²) in [5.41, 5.74) is 2.55. The molecule has 23 heavy (non-hydrogen) atoms. The standard InChI is InChI=1S/C17H23BN2O3/c1-10(19-6)14-12-8-7-11(9-13(12)20-15(14)21)18-22-16(2,3)17(4,5)23-18/h7-9,20-21H,1-6H3. The van der Waals surface area contributed by atoms with E-state index in [1.165, 1.54) is 0 Å². The molecule has 0 unspecified atom stereocenters. The van der Waals surface area contributed by atoms with Crippen LogP contribution in [-0.4, -0.2) is 41.2 Å². The number of aromatic nitrogens is 1. The SMILES string of the molecule is CN=C(C)c1c(O)[nH]c2cc(B3OC(C)(C)C(C)(C)O3)ccc12. The van der Waals surface area contributed by atoms with Crippen molar-refractivity contribution in [2.24, 2.45) is 4.99 Å². The zero-order chi connectivity index (χ0) is 17.0. The van der Waals surface area contributed by atoms with Crippen molar-refractivity contribution in [3.05, 3.63) is 23.8 Å². The van der Waals surface area contributed by atoms with Crippen LogP contribution in [0.3, 0.4) is 0 Å². The molecule has 1 fully saturated rings. The summed E-state index contributed by atoms with van der Waals surface area (Å²) in [5, 5.41) is 11.1. The van der Waals surface area contributed by atoms with Crippen molar-refractivity contribution in [1.82, 2.24) is 4.98 Å². The van der Waals surface area contributed by atoms with Gasteiger partial charge in [0.1, 0.15) is 0 Å². The fourth-order valence-electron chi connectivity index (χ4n) is 2.80. The molecule has 1 aliphatic rings. The largest absolute Gasteiger partial charge is 0.494 e. The molecule has 6 heteroatoms. The molecule has 0 radical (unpaired) electrons. The Kier molecular flexibility index (Phi) is 3.57. The second-order valence-electron chi connectivity index (χ2n) is 7.05. The molecule has 0 atom stereocenters. The Morgan fingerprint density at radius 3 is 2.35 bits per heavy atom. The van der Waals surface area contributed by atoms with Crippen LogP contribution in [0, 0.1) is 0 Å². The summed E-state index contributed by atoms with van der Waals surface area (Å²) in [4.78, 5) is 7.18. The van der Waals surface area contributed by atoms with E-state index in [1.807, 2.05) is 52.8 Å². The lowest BCUT2D eigenvalue weighted by Crippen LogP contribution is -2.41. The van der Waals surface area contributed by atoms with E-state index in [1.54, 1.807) is 7.05 Å². The second kappa shape index (κ2) is 5.11. The number of fused-ring (bicyclic) bond motifs is 1. The molecule has 1 aliphatic heterocycles. The number of aliphatic imine (C=N–C) groups is 1. The minimum Gasteiger partial charge on any atom is -0.494 e. The Morgan fingerprint density at radius 1 is 1.17 bits per heavy atom. The first-order valence-electron chi connectivity index (χ1n) is 7.80. The van der Waals surface area contributed by atoms with Gasteiger partial charge < -0.3 is 19.4 Å². The highest BCUT2D eigenvalue weighted by Crippen LogP contribution is 2.37. The third-order valence-electron chi connectivity index (χ3n) is 5.03.